The van der Waals surface area contributed by atoms with Gasteiger partial charge in [0.15, 0.2) is 0 Å². The van der Waals surface area contributed by atoms with Crippen molar-refractivity contribution in [2.45, 2.75) is 6.92 Å². The minimum absolute atomic E-state index is 0.0351. The van der Waals surface area contributed by atoms with Gasteiger partial charge in [-0.1, -0.05) is 6.58 Å². The van der Waals surface area contributed by atoms with Gasteiger partial charge in [0, 0.05) is 18.0 Å². The van der Waals surface area contributed by atoms with Crippen LogP contribution in [-0.4, -0.2) is 15.1 Å². The van der Waals surface area contributed by atoms with Crippen LogP contribution < -0.4 is 0 Å². The van der Waals surface area contributed by atoms with Crippen molar-refractivity contribution in [1.29, 1.82) is 0 Å². The Labute approximate surface area is 114 Å². The van der Waals surface area contributed by atoms with Crippen molar-refractivity contribution >= 4 is 27.3 Å². The summed E-state index contributed by atoms with van der Waals surface area (Å²) in [6, 6.07) is 7.75. The SMILES string of the molecule is C=C(O)c1ccc(-c2cc3nccc(C)c3s2)nc1. The molecule has 0 spiro atoms. The zero-order valence-electron chi connectivity index (χ0n) is 10.4. The van der Waals surface area contributed by atoms with E-state index in [-0.39, 0.29) is 5.76 Å². The molecule has 0 amide bonds. The largest absolute Gasteiger partial charge is 0.508 e. The van der Waals surface area contributed by atoms with Crippen molar-refractivity contribution in [3.63, 3.8) is 0 Å². The normalized spacial score (nSPS) is 10.8. The summed E-state index contributed by atoms with van der Waals surface area (Å²) in [6.07, 6.45) is 3.45. The highest BCUT2D eigenvalue weighted by Crippen LogP contribution is 2.33. The molecular weight excluding hydrogens is 256 g/mol. The molecule has 3 nitrogen and oxygen atoms in total. The van der Waals surface area contributed by atoms with E-state index in [4.69, 9.17) is 0 Å². The van der Waals surface area contributed by atoms with E-state index < -0.39 is 0 Å². The van der Waals surface area contributed by atoms with E-state index in [2.05, 4.69) is 23.5 Å². The summed E-state index contributed by atoms with van der Waals surface area (Å²) < 4.78 is 1.19. The molecule has 3 rings (SSSR count). The van der Waals surface area contributed by atoms with Crippen LogP contribution in [0.5, 0.6) is 0 Å². The van der Waals surface area contributed by atoms with Crippen LogP contribution in [0.3, 0.4) is 0 Å². The third-order valence-corrected chi connectivity index (χ3v) is 4.24. The van der Waals surface area contributed by atoms with E-state index in [1.807, 2.05) is 30.5 Å². The Hall–Kier alpha value is -2.20. The third-order valence-electron chi connectivity index (χ3n) is 2.96. The number of aliphatic hydroxyl groups excluding tert-OH is 1. The van der Waals surface area contributed by atoms with E-state index in [1.165, 1.54) is 10.3 Å². The fourth-order valence-electron chi connectivity index (χ4n) is 1.90. The van der Waals surface area contributed by atoms with Crippen molar-refractivity contribution in [1.82, 2.24) is 9.97 Å². The number of hydrogen-bond acceptors (Lipinski definition) is 4. The molecule has 3 heterocycles. The van der Waals surface area contributed by atoms with Crippen LogP contribution in [0.25, 0.3) is 26.5 Å². The monoisotopic (exact) mass is 268 g/mol. The number of aliphatic hydroxyl groups is 1. The van der Waals surface area contributed by atoms with Gasteiger partial charge in [-0.2, -0.15) is 0 Å². The first kappa shape index (κ1) is 11.9. The number of fused-ring (bicyclic) bond motifs is 1. The van der Waals surface area contributed by atoms with Gasteiger partial charge >= 0.3 is 0 Å². The summed E-state index contributed by atoms with van der Waals surface area (Å²) in [5, 5.41) is 9.29. The molecule has 0 aliphatic rings. The van der Waals surface area contributed by atoms with Crippen molar-refractivity contribution < 1.29 is 5.11 Å². The number of aromatic nitrogens is 2. The van der Waals surface area contributed by atoms with Crippen molar-refractivity contribution in [3.05, 3.63) is 54.4 Å². The number of aryl methyl sites for hydroxylation is 1. The summed E-state index contributed by atoms with van der Waals surface area (Å²) in [5.74, 6) is 0.0351. The van der Waals surface area contributed by atoms with E-state index in [0.29, 0.717) is 5.56 Å². The Morgan fingerprint density at radius 2 is 2.11 bits per heavy atom. The van der Waals surface area contributed by atoms with Crippen LogP contribution in [0.1, 0.15) is 11.1 Å². The van der Waals surface area contributed by atoms with Crippen LogP contribution in [0.2, 0.25) is 0 Å². The molecule has 0 aliphatic carbocycles. The molecule has 0 fully saturated rings. The standard InChI is InChI=1S/C15H12N2OS/c1-9-5-6-16-13-7-14(19-15(9)13)12-4-3-11(8-17-12)10(2)18/h3-8,18H,2H2,1H3. The molecule has 0 saturated carbocycles. The summed E-state index contributed by atoms with van der Waals surface area (Å²) in [7, 11) is 0. The second-order valence-corrected chi connectivity index (χ2v) is 5.38. The predicted octanol–water partition coefficient (Wildman–Crippen LogP) is 4.20. The van der Waals surface area contributed by atoms with Gasteiger partial charge < -0.3 is 5.11 Å². The molecule has 1 N–H and O–H groups in total. The molecular formula is C15H12N2OS. The first-order valence-corrected chi connectivity index (χ1v) is 6.66. The minimum atomic E-state index is 0.0351. The van der Waals surface area contributed by atoms with Crippen molar-refractivity contribution in [3.8, 4) is 10.6 Å². The number of rotatable bonds is 2. The zero-order chi connectivity index (χ0) is 13.4. The topological polar surface area (TPSA) is 46.0 Å². The summed E-state index contributed by atoms with van der Waals surface area (Å²) in [6.45, 7) is 5.56. The smallest absolute Gasteiger partial charge is 0.117 e. The average Bonchev–Trinajstić information content (AvgIpc) is 2.84. The van der Waals surface area contributed by atoms with Crippen molar-refractivity contribution in [2.24, 2.45) is 0 Å². The Kier molecular flexibility index (Phi) is 2.80. The molecule has 0 aliphatic heterocycles. The predicted molar refractivity (Wildman–Crippen MR) is 79.3 cm³/mol. The van der Waals surface area contributed by atoms with Gasteiger partial charge in [-0.3, -0.25) is 9.97 Å². The van der Waals surface area contributed by atoms with Gasteiger partial charge in [0.2, 0.25) is 0 Å². The average molecular weight is 268 g/mol. The lowest BCUT2D eigenvalue weighted by atomic mass is 10.2. The van der Waals surface area contributed by atoms with Gasteiger partial charge in [-0.15, -0.1) is 11.3 Å². The van der Waals surface area contributed by atoms with Gasteiger partial charge in [-0.25, -0.2) is 0 Å². The number of thiophene rings is 1. The van der Waals surface area contributed by atoms with Crippen LogP contribution >= 0.6 is 11.3 Å². The Morgan fingerprint density at radius 1 is 1.26 bits per heavy atom. The molecule has 4 heteroatoms. The zero-order valence-corrected chi connectivity index (χ0v) is 11.2. The number of hydrogen-bond donors (Lipinski definition) is 1. The molecule has 19 heavy (non-hydrogen) atoms. The van der Waals surface area contributed by atoms with Crippen molar-refractivity contribution in [2.75, 3.05) is 0 Å². The first-order chi connectivity index (χ1) is 9.15. The van der Waals surface area contributed by atoms with E-state index in [0.717, 1.165) is 16.1 Å². The van der Waals surface area contributed by atoms with Gasteiger partial charge in [0.05, 0.1) is 20.8 Å². The highest BCUT2D eigenvalue weighted by molar-refractivity contribution is 7.22. The summed E-state index contributed by atoms with van der Waals surface area (Å²) >= 11 is 1.68. The Balaban J connectivity index is 2.09. The van der Waals surface area contributed by atoms with E-state index in [1.54, 1.807) is 17.5 Å². The number of nitrogens with zero attached hydrogens (tertiary/aromatic N) is 2. The lowest BCUT2D eigenvalue weighted by molar-refractivity contribution is 0.513. The van der Waals surface area contributed by atoms with E-state index in [9.17, 15) is 5.11 Å². The lowest BCUT2D eigenvalue weighted by Crippen LogP contribution is -1.84. The fourth-order valence-corrected chi connectivity index (χ4v) is 2.96. The molecule has 0 unspecified atom stereocenters. The molecule has 3 aromatic rings. The maximum absolute atomic E-state index is 9.29. The van der Waals surface area contributed by atoms with Crippen LogP contribution in [0.4, 0.5) is 0 Å². The molecule has 0 atom stereocenters. The summed E-state index contributed by atoms with van der Waals surface area (Å²) in [4.78, 5) is 9.80. The first-order valence-electron chi connectivity index (χ1n) is 5.85. The van der Waals surface area contributed by atoms with Gasteiger partial charge in [0.25, 0.3) is 0 Å². The van der Waals surface area contributed by atoms with Crippen LogP contribution in [-0.2, 0) is 0 Å². The molecule has 94 valence electrons. The van der Waals surface area contributed by atoms with Crippen LogP contribution in [0, 0.1) is 6.92 Å². The maximum atomic E-state index is 9.29. The third kappa shape index (κ3) is 2.11. The molecule has 0 radical (unpaired) electrons. The molecule has 0 bridgehead atoms. The van der Waals surface area contributed by atoms with E-state index >= 15 is 0 Å². The van der Waals surface area contributed by atoms with Gasteiger partial charge in [0.1, 0.15) is 5.76 Å². The molecule has 0 aromatic carbocycles. The second kappa shape index (κ2) is 4.48. The second-order valence-electron chi connectivity index (χ2n) is 4.33. The van der Waals surface area contributed by atoms with Gasteiger partial charge in [-0.05, 0) is 36.8 Å². The number of pyridine rings is 2. The highest BCUT2D eigenvalue weighted by Gasteiger charge is 2.08. The highest BCUT2D eigenvalue weighted by atomic mass is 32.1. The minimum Gasteiger partial charge on any atom is -0.508 e. The summed E-state index contributed by atoms with van der Waals surface area (Å²) in [5.41, 5.74) is 3.74. The Bertz CT molecular complexity index is 759. The van der Waals surface area contributed by atoms with Crippen LogP contribution in [0.15, 0.2) is 43.2 Å². The maximum Gasteiger partial charge on any atom is 0.117 e. The fraction of sp³-hybridized carbons (Fsp3) is 0.0667. The molecule has 0 saturated heterocycles. The quantitative estimate of drug-likeness (QED) is 0.709. The lowest BCUT2D eigenvalue weighted by Gasteiger charge is -1.99. The Morgan fingerprint density at radius 3 is 2.74 bits per heavy atom. The molecule has 3 aromatic heterocycles.